The maximum absolute atomic E-state index is 13.9. The summed E-state index contributed by atoms with van der Waals surface area (Å²) in [6.45, 7) is 0. The molecule has 0 aliphatic heterocycles. The highest BCUT2D eigenvalue weighted by Gasteiger charge is 2.34. The Morgan fingerprint density at radius 1 is 0.531 bits per heavy atom. The molecule has 0 saturated heterocycles. The van der Waals surface area contributed by atoms with Crippen LogP contribution in [0.25, 0.3) is 10.9 Å². The summed E-state index contributed by atoms with van der Waals surface area (Å²) in [5.74, 6) is -12.1. The zero-order chi connectivity index (χ0) is 47.8. The van der Waals surface area contributed by atoms with E-state index in [4.69, 9.17) is 63.1 Å². The molecule has 7 amide bonds. The zero-order valence-electron chi connectivity index (χ0n) is 33.2. The van der Waals surface area contributed by atoms with Crippen molar-refractivity contribution in [1.29, 1.82) is 0 Å². The number of anilines is 2. The Morgan fingerprint density at radius 3 is 1.41 bits per heavy atom. The molecule has 3 rings (SSSR count). The van der Waals surface area contributed by atoms with Crippen LogP contribution in [0, 0.1) is 0 Å². The summed E-state index contributed by atoms with van der Waals surface area (Å²) in [4.78, 5) is 110. The number of nitrogen functional groups attached to an aromatic ring is 1. The van der Waals surface area contributed by atoms with Gasteiger partial charge in [0.2, 0.25) is 36.8 Å². The summed E-state index contributed by atoms with van der Waals surface area (Å²) in [5, 5.41) is 26.5. The van der Waals surface area contributed by atoms with Crippen LogP contribution in [0.5, 0.6) is 0 Å². The van der Waals surface area contributed by atoms with Crippen LogP contribution in [-0.2, 0) is 33.6 Å². The van der Waals surface area contributed by atoms with Gasteiger partial charge in [-0.15, -0.1) is 0 Å². The van der Waals surface area contributed by atoms with Crippen molar-refractivity contribution in [1.82, 2.24) is 36.9 Å². The van der Waals surface area contributed by atoms with Gasteiger partial charge in [-0.3, -0.25) is 38.5 Å². The molecular formula is C33H47N23O8. The second-order valence-corrected chi connectivity index (χ2v) is 12.7. The van der Waals surface area contributed by atoms with Gasteiger partial charge in [-0.25, -0.2) is 20.0 Å². The van der Waals surface area contributed by atoms with E-state index in [1.54, 1.807) is 30.5 Å². The average Bonchev–Trinajstić information content (AvgIpc) is 3.22. The smallest absolute Gasteiger partial charge is 0.270 e. The second kappa shape index (κ2) is 22.4. The number of guanidine groups is 4. The molecule has 31 heteroatoms. The molecule has 30 N–H and O–H groups in total. The molecule has 1 aromatic heterocycles. The Bertz CT molecular complexity index is 2340. The van der Waals surface area contributed by atoms with Crippen molar-refractivity contribution in [3.8, 4) is 0 Å². The number of aliphatic imine (C=N–C) groups is 4. The number of fused-ring (bicyclic) bond motifs is 1. The number of aromatic nitrogens is 1. The van der Waals surface area contributed by atoms with Gasteiger partial charge in [0.1, 0.15) is 6.04 Å². The van der Waals surface area contributed by atoms with Crippen LogP contribution >= 0.6 is 0 Å². The quantitative estimate of drug-likeness (QED) is 0.0217. The second-order valence-electron chi connectivity index (χ2n) is 12.7. The van der Waals surface area contributed by atoms with Crippen LogP contribution in [0.2, 0.25) is 0 Å². The number of nitrogens with two attached hydrogens (primary N) is 11. The van der Waals surface area contributed by atoms with Gasteiger partial charge < -0.3 is 105 Å². The number of nitrogens with zero attached hydrogens (tertiary/aromatic N) is 5. The van der Waals surface area contributed by atoms with Crippen molar-refractivity contribution < 1.29 is 38.7 Å². The van der Waals surface area contributed by atoms with Gasteiger partial charge in [0.15, 0.2) is 30.0 Å². The molecule has 1 heterocycles. The number of aliphatic hydroxyl groups excluding tert-OH is 1. The standard InChI is InChI=1S/C33H47N23O8/c34-15-12-7-4-10-45-13(12)8-9-14(15)46-28(63)29(64)47-16(11-5-2-1-3-6-11)23(58)49-20(54-31(39)40)25(60)51-22(56-33(43)44)27(62)52-21(55-32(41)42)26(61)50-19(53-30(37)38)24(59)48-17(35)18(36)57/h1-10,16-17,19-22,28,46,63H,34-35H2,(H2,36,57)(H,47,64)(H,48,59)(H,49,58)(H,50,61)(H,51,60)(H,52,62)(H4,37,38,53)(H4,39,40,54)(H4,41,42,55)(H4,43,44,56). The number of rotatable bonds is 20. The van der Waals surface area contributed by atoms with Crippen LogP contribution in [0.1, 0.15) is 11.6 Å². The third-order valence-electron chi connectivity index (χ3n) is 7.88. The topological polar surface area (TPSA) is 572 Å². The summed E-state index contributed by atoms with van der Waals surface area (Å²) >= 11 is 0. The molecule has 7 unspecified atom stereocenters. The van der Waals surface area contributed by atoms with E-state index in [0.717, 1.165) is 0 Å². The zero-order valence-corrected chi connectivity index (χ0v) is 33.2. The number of nitrogens with one attached hydrogen (secondary N) is 7. The first-order chi connectivity index (χ1) is 30.1. The maximum Gasteiger partial charge on any atom is 0.270 e. The van der Waals surface area contributed by atoms with Gasteiger partial charge >= 0.3 is 0 Å². The predicted octanol–water partition coefficient (Wildman–Crippen LogP) is -9.85. The highest BCUT2D eigenvalue weighted by atomic mass is 16.3. The molecule has 0 aliphatic rings. The Balaban J connectivity index is 1.87. The molecule has 342 valence electrons. The molecule has 31 nitrogen and oxygen atoms in total. The SMILES string of the molecule is NC(=O)C(N)NC(=O)C(N=C(N)N)NC(=O)C(N=C(N)N)NC(=O)C(N=C(N)N)NC(=O)C(N=C(N)N)NC(=O)C(NC(=O)C(O)Nc1ccc2ncccc2c1N)c1ccccc1. The van der Waals surface area contributed by atoms with E-state index < -0.39 is 108 Å². The number of carbonyl (C=O) groups is 7. The molecule has 0 bridgehead atoms. The molecule has 7 atom stereocenters. The number of benzene rings is 2. The number of primary amides is 1. The van der Waals surface area contributed by atoms with E-state index in [2.05, 4.69) is 46.2 Å². The molecule has 2 aromatic carbocycles. The summed E-state index contributed by atoms with van der Waals surface area (Å²) in [5.41, 5.74) is 61.3. The fourth-order valence-corrected chi connectivity index (χ4v) is 5.07. The van der Waals surface area contributed by atoms with Crippen LogP contribution in [0.15, 0.2) is 80.8 Å². The lowest BCUT2D eigenvalue weighted by Crippen LogP contribution is -2.60. The van der Waals surface area contributed by atoms with Crippen molar-refractivity contribution in [2.24, 2.45) is 77.3 Å². The van der Waals surface area contributed by atoms with Gasteiger partial charge in [-0.1, -0.05) is 30.3 Å². The normalized spacial score (nSPS) is 13.8. The number of aliphatic hydroxyl groups is 1. The summed E-state index contributed by atoms with van der Waals surface area (Å²) in [6.07, 6.45) is -10.7. The minimum absolute atomic E-state index is 0.137. The Labute approximate surface area is 360 Å². The van der Waals surface area contributed by atoms with Crippen molar-refractivity contribution in [3.63, 3.8) is 0 Å². The van der Waals surface area contributed by atoms with Gasteiger partial charge in [-0.2, -0.15) is 0 Å². The minimum atomic E-state index is -2.19. The number of hydrogen-bond acceptors (Lipinski definition) is 16. The lowest BCUT2D eigenvalue weighted by atomic mass is 10.1. The summed E-state index contributed by atoms with van der Waals surface area (Å²) in [7, 11) is 0. The highest BCUT2D eigenvalue weighted by Crippen LogP contribution is 2.28. The molecule has 3 aromatic rings. The van der Waals surface area contributed by atoms with Crippen LogP contribution in [0.3, 0.4) is 0 Å². The van der Waals surface area contributed by atoms with E-state index in [0.29, 0.717) is 10.9 Å². The third kappa shape index (κ3) is 14.5. The van der Waals surface area contributed by atoms with Crippen LogP contribution < -0.4 is 100 Å². The van der Waals surface area contributed by atoms with E-state index >= 15 is 0 Å². The Hall–Kier alpha value is -9.26. The van der Waals surface area contributed by atoms with Gasteiger partial charge in [-0.05, 0) is 29.8 Å². The van der Waals surface area contributed by atoms with E-state index in [9.17, 15) is 38.7 Å². The first-order valence-electron chi connectivity index (χ1n) is 17.9. The molecule has 0 fully saturated rings. The predicted molar refractivity (Wildman–Crippen MR) is 229 cm³/mol. The molecule has 64 heavy (non-hydrogen) atoms. The molecular weight excluding hydrogens is 847 g/mol. The third-order valence-corrected chi connectivity index (χ3v) is 7.88. The lowest BCUT2D eigenvalue weighted by Gasteiger charge is -2.24. The van der Waals surface area contributed by atoms with Crippen molar-refractivity contribution in [2.45, 2.75) is 43.1 Å². The monoisotopic (exact) mass is 893 g/mol. The molecule has 0 spiro atoms. The minimum Gasteiger partial charge on any atom is -0.397 e. The fraction of sp³-hybridized carbons (Fsp3) is 0.212. The largest absolute Gasteiger partial charge is 0.397 e. The summed E-state index contributed by atoms with van der Waals surface area (Å²) < 4.78 is 0. The highest BCUT2D eigenvalue weighted by molar-refractivity contribution is 6.00. The lowest BCUT2D eigenvalue weighted by molar-refractivity contribution is -0.135. The van der Waals surface area contributed by atoms with Crippen LogP contribution in [0.4, 0.5) is 11.4 Å². The number of carbonyl (C=O) groups excluding carboxylic acids is 7. The Kier molecular flexibility index (Phi) is 17.2. The average molecular weight is 894 g/mol. The van der Waals surface area contributed by atoms with Crippen molar-refractivity contribution in [3.05, 3.63) is 66.4 Å². The molecule has 0 saturated carbocycles. The first kappa shape index (κ1) is 49.1. The van der Waals surface area contributed by atoms with E-state index in [1.165, 1.54) is 30.3 Å². The molecule has 0 radical (unpaired) electrons. The van der Waals surface area contributed by atoms with Gasteiger partial charge in [0.05, 0.1) is 16.9 Å². The van der Waals surface area contributed by atoms with E-state index in [1.807, 2.05) is 16.0 Å². The summed E-state index contributed by atoms with van der Waals surface area (Å²) in [6, 6.07) is 12.2. The fourth-order valence-electron chi connectivity index (χ4n) is 5.07. The van der Waals surface area contributed by atoms with Gasteiger partial charge in [0.25, 0.3) is 35.4 Å². The van der Waals surface area contributed by atoms with Crippen molar-refractivity contribution >= 4 is 87.5 Å². The Morgan fingerprint density at radius 2 is 0.969 bits per heavy atom. The first-order valence-corrected chi connectivity index (χ1v) is 17.9. The van der Waals surface area contributed by atoms with Crippen LogP contribution in [-0.4, -0.2) is 112 Å². The van der Waals surface area contributed by atoms with Gasteiger partial charge in [0, 0.05) is 11.6 Å². The number of pyridine rings is 1. The number of hydrogen-bond donors (Lipinski definition) is 19. The molecule has 0 aliphatic carbocycles. The number of amides is 7. The van der Waals surface area contributed by atoms with E-state index in [-0.39, 0.29) is 16.9 Å². The van der Waals surface area contributed by atoms with Crippen molar-refractivity contribution in [2.75, 3.05) is 11.1 Å². The maximum atomic E-state index is 13.9.